The molecule has 0 aliphatic carbocycles. The van der Waals surface area contributed by atoms with Crippen LogP contribution in [0.3, 0.4) is 0 Å². The molecule has 0 atom stereocenters. The predicted molar refractivity (Wildman–Crippen MR) is 136 cm³/mol. The number of amides is 1. The van der Waals surface area contributed by atoms with Gasteiger partial charge in [0.25, 0.3) is 5.91 Å². The minimum atomic E-state index is -0.297. The maximum atomic E-state index is 12.7. The molecule has 0 spiro atoms. The van der Waals surface area contributed by atoms with Crippen molar-refractivity contribution in [3.8, 4) is 17.2 Å². The van der Waals surface area contributed by atoms with Gasteiger partial charge in [-0.05, 0) is 54.9 Å². The van der Waals surface area contributed by atoms with Crippen LogP contribution in [0.2, 0.25) is 0 Å². The SMILES string of the molecule is CCCCCCOc1ccccc1C(=O)NC(=S)NCc1ccc(OCCCC)c(OC)c1. The highest BCUT2D eigenvalue weighted by Gasteiger charge is 2.14. The highest BCUT2D eigenvalue weighted by molar-refractivity contribution is 7.80. The summed E-state index contributed by atoms with van der Waals surface area (Å²) < 4.78 is 17.0. The van der Waals surface area contributed by atoms with E-state index in [4.69, 9.17) is 26.4 Å². The van der Waals surface area contributed by atoms with Crippen LogP contribution in [-0.4, -0.2) is 31.3 Å². The zero-order chi connectivity index (χ0) is 23.9. The molecule has 180 valence electrons. The summed E-state index contributed by atoms with van der Waals surface area (Å²) in [6.45, 7) is 5.99. The van der Waals surface area contributed by atoms with Crippen molar-refractivity contribution in [2.75, 3.05) is 20.3 Å². The van der Waals surface area contributed by atoms with Crippen LogP contribution < -0.4 is 24.8 Å². The van der Waals surface area contributed by atoms with Gasteiger partial charge in [-0.1, -0.05) is 57.7 Å². The van der Waals surface area contributed by atoms with Crippen molar-refractivity contribution in [3.63, 3.8) is 0 Å². The minimum absolute atomic E-state index is 0.250. The molecule has 0 saturated heterocycles. The fourth-order valence-electron chi connectivity index (χ4n) is 3.16. The third-order valence-corrected chi connectivity index (χ3v) is 5.30. The number of hydrogen-bond acceptors (Lipinski definition) is 5. The lowest BCUT2D eigenvalue weighted by Crippen LogP contribution is -2.39. The number of thiocarbonyl (C=S) groups is 1. The zero-order valence-corrected chi connectivity index (χ0v) is 20.8. The molecule has 2 N–H and O–H groups in total. The Bertz CT molecular complexity index is 888. The molecule has 2 aromatic rings. The standard InChI is InChI=1S/C26H36N2O4S/c1-4-6-8-11-17-31-22-13-10-9-12-21(22)25(29)28-26(33)27-19-20-14-15-23(24(18-20)30-3)32-16-7-5-2/h9-10,12-15,18H,4-8,11,16-17,19H2,1-3H3,(H2,27,28,29,33). The second kappa shape index (κ2) is 15.1. The Morgan fingerprint density at radius 1 is 0.879 bits per heavy atom. The first-order chi connectivity index (χ1) is 16.1. The number of nitrogens with one attached hydrogen (secondary N) is 2. The van der Waals surface area contributed by atoms with Crippen LogP contribution >= 0.6 is 12.2 Å². The normalized spacial score (nSPS) is 10.4. The van der Waals surface area contributed by atoms with Gasteiger partial charge in [0.15, 0.2) is 16.6 Å². The van der Waals surface area contributed by atoms with Gasteiger partial charge in [-0.15, -0.1) is 0 Å². The van der Waals surface area contributed by atoms with Gasteiger partial charge in [0.2, 0.25) is 0 Å². The van der Waals surface area contributed by atoms with Crippen molar-refractivity contribution in [2.24, 2.45) is 0 Å². The molecule has 0 fully saturated rings. The summed E-state index contributed by atoms with van der Waals surface area (Å²) in [7, 11) is 1.62. The van der Waals surface area contributed by atoms with Crippen molar-refractivity contribution in [1.82, 2.24) is 10.6 Å². The van der Waals surface area contributed by atoms with Gasteiger partial charge in [-0.2, -0.15) is 0 Å². The van der Waals surface area contributed by atoms with E-state index in [1.807, 2.05) is 36.4 Å². The first-order valence-electron chi connectivity index (χ1n) is 11.7. The van der Waals surface area contributed by atoms with E-state index in [2.05, 4.69) is 24.5 Å². The Morgan fingerprint density at radius 3 is 2.36 bits per heavy atom. The summed E-state index contributed by atoms with van der Waals surface area (Å²) in [6.07, 6.45) is 6.51. The first-order valence-corrected chi connectivity index (χ1v) is 12.1. The number of methoxy groups -OCH3 is 1. The number of para-hydroxylation sites is 1. The van der Waals surface area contributed by atoms with Gasteiger partial charge in [-0.25, -0.2) is 0 Å². The molecule has 0 aromatic heterocycles. The summed E-state index contributed by atoms with van der Waals surface area (Å²) in [6, 6.07) is 13.0. The molecule has 1 amide bonds. The average molecular weight is 473 g/mol. The zero-order valence-electron chi connectivity index (χ0n) is 19.9. The van der Waals surface area contributed by atoms with Gasteiger partial charge in [-0.3, -0.25) is 10.1 Å². The third kappa shape index (κ3) is 9.30. The number of unbranched alkanes of at least 4 members (excludes halogenated alkanes) is 4. The van der Waals surface area contributed by atoms with E-state index >= 15 is 0 Å². The third-order valence-electron chi connectivity index (χ3n) is 5.05. The lowest BCUT2D eigenvalue weighted by molar-refractivity contribution is 0.0972. The Kier molecular flexibility index (Phi) is 12.1. The molecule has 0 radical (unpaired) electrons. The summed E-state index contributed by atoms with van der Waals surface area (Å²) in [5, 5.41) is 6.06. The van der Waals surface area contributed by atoms with E-state index in [-0.39, 0.29) is 11.0 Å². The van der Waals surface area contributed by atoms with E-state index < -0.39 is 0 Å². The molecule has 2 rings (SSSR count). The Hall–Kier alpha value is -2.80. The molecule has 0 aliphatic heterocycles. The van der Waals surface area contributed by atoms with Crippen molar-refractivity contribution in [1.29, 1.82) is 0 Å². The first kappa shape index (κ1) is 26.5. The minimum Gasteiger partial charge on any atom is -0.493 e. The Balaban J connectivity index is 1.88. The quantitative estimate of drug-likeness (QED) is 0.274. The van der Waals surface area contributed by atoms with Crippen LogP contribution in [0.1, 0.15) is 68.3 Å². The van der Waals surface area contributed by atoms with Gasteiger partial charge in [0, 0.05) is 6.54 Å². The summed E-state index contributed by atoms with van der Waals surface area (Å²) >= 11 is 5.33. The molecular formula is C26H36N2O4S. The van der Waals surface area contributed by atoms with Crippen LogP contribution in [0, 0.1) is 0 Å². The molecule has 0 bridgehead atoms. The van der Waals surface area contributed by atoms with Gasteiger partial charge in [0.1, 0.15) is 5.75 Å². The number of ether oxygens (including phenoxy) is 3. The predicted octanol–water partition coefficient (Wildman–Crippen LogP) is 5.64. The molecule has 6 nitrogen and oxygen atoms in total. The monoisotopic (exact) mass is 472 g/mol. The highest BCUT2D eigenvalue weighted by Crippen LogP contribution is 2.28. The van der Waals surface area contributed by atoms with Crippen LogP contribution in [0.5, 0.6) is 17.2 Å². The molecule has 7 heteroatoms. The van der Waals surface area contributed by atoms with Gasteiger partial charge in [0.05, 0.1) is 25.9 Å². The number of benzene rings is 2. The largest absolute Gasteiger partial charge is 0.493 e. The maximum Gasteiger partial charge on any atom is 0.261 e. The summed E-state index contributed by atoms with van der Waals surface area (Å²) in [5.41, 5.74) is 1.43. The number of carbonyl (C=O) groups excluding carboxylic acids is 1. The van der Waals surface area contributed by atoms with E-state index in [0.29, 0.717) is 36.8 Å². The second-order valence-electron chi connectivity index (χ2n) is 7.73. The maximum absolute atomic E-state index is 12.7. The molecule has 2 aromatic carbocycles. The average Bonchev–Trinajstić information content (AvgIpc) is 2.83. The highest BCUT2D eigenvalue weighted by atomic mass is 32.1. The fraction of sp³-hybridized carbons (Fsp3) is 0.462. The molecule has 0 unspecified atom stereocenters. The van der Waals surface area contributed by atoms with Crippen LogP contribution in [0.25, 0.3) is 0 Å². The van der Waals surface area contributed by atoms with Crippen LogP contribution in [-0.2, 0) is 6.54 Å². The smallest absolute Gasteiger partial charge is 0.261 e. The van der Waals surface area contributed by atoms with Crippen molar-refractivity contribution >= 4 is 23.2 Å². The second-order valence-corrected chi connectivity index (χ2v) is 8.14. The molecule has 0 heterocycles. The van der Waals surface area contributed by atoms with Gasteiger partial charge >= 0.3 is 0 Å². The number of rotatable bonds is 14. The topological polar surface area (TPSA) is 68.8 Å². The molecule has 33 heavy (non-hydrogen) atoms. The lowest BCUT2D eigenvalue weighted by atomic mass is 10.2. The van der Waals surface area contributed by atoms with E-state index in [1.165, 1.54) is 12.8 Å². The Morgan fingerprint density at radius 2 is 1.61 bits per heavy atom. The number of carbonyl (C=O) groups is 1. The Labute approximate surface area is 203 Å². The van der Waals surface area contributed by atoms with Crippen LogP contribution in [0.4, 0.5) is 0 Å². The van der Waals surface area contributed by atoms with E-state index in [9.17, 15) is 4.79 Å². The number of hydrogen-bond donors (Lipinski definition) is 2. The van der Waals surface area contributed by atoms with Crippen molar-refractivity contribution < 1.29 is 19.0 Å². The molecular weight excluding hydrogens is 436 g/mol. The van der Waals surface area contributed by atoms with Crippen LogP contribution in [0.15, 0.2) is 42.5 Å². The van der Waals surface area contributed by atoms with Crippen molar-refractivity contribution in [2.45, 2.75) is 58.9 Å². The molecule has 0 aliphatic rings. The van der Waals surface area contributed by atoms with E-state index in [0.717, 1.165) is 37.0 Å². The molecule has 0 saturated carbocycles. The lowest BCUT2D eigenvalue weighted by Gasteiger charge is -2.14. The summed E-state index contributed by atoms with van der Waals surface area (Å²) in [4.78, 5) is 12.7. The fourth-order valence-corrected chi connectivity index (χ4v) is 3.32. The van der Waals surface area contributed by atoms with Gasteiger partial charge < -0.3 is 19.5 Å². The van der Waals surface area contributed by atoms with E-state index in [1.54, 1.807) is 13.2 Å². The summed E-state index contributed by atoms with van der Waals surface area (Å²) in [5.74, 6) is 1.66. The van der Waals surface area contributed by atoms with Crippen molar-refractivity contribution in [3.05, 3.63) is 53.6 Å².